The van der Waals surface area contributed by atoms with E-state index in [2.05, 4.69) is 0 Å². The number of carbonyl (C=O) groups is 4. The number of hydroxylamine groups is 8. The lowest BCUT2D eigenvalue weighted by Gasteiger charge is -2.38. The van der Waals surface area contributed by atoms with Crippen LogP contribution in [0.25, 0.3) is 10.8 Å². The molecule has 4 saturated heterocycles. The molecule has 0 amide bonds. The molecule has 66 heavy (non-hydrogen) atoms. The van der Waals surface area contributed by atoms with Crippen molar-refractivity contribution < 1.29 is 57.5 Å². The molecule has 0 spiro atoms. The molecule has 4 aliphatic heterocycles. The predicted octanol–water partition coefficient (Wildman–Crippen LogP) is 8.24. The Morgan fingerprint density at radius 2 is 0.591 bits per heavy atom. The Hall–Kier alpha value is -3.74. The van der Waals surface area contributed by atoms with E-state index >= 15 is 0 Å². The topological polar surface area (TPSA) is 155 Å². The summed E-state index contributed by atoms with van der Waals surface area (Å²) in [5, 5.41) is 7.62. The van der Waals surface area contributed by atoms with Crippen LogP contribution >= 0.6 is 0 Å². The van der Waals surface area contributed by atoms with Crippen molar-refractivity contribution in [3.8, 4) is 0 Å². The molecule has 0 radical (unpaired) electrons. The summed E-state index contributed by atoms with van der Waals surface area (Å²) in [5.41, 5.74) is -5.10. The van der Waals surface area contributed by atoms with Gasteiger partial charge in [-0.15, -0.1) is 0 Å². The van der Waals surface area contributed by atoms with Crippen molar-refractivity contribution in [3.05, 3.63) is 46.5 Å². The molecule has 2 aromatic carbocycles. The summed E-state index contributed by atoms with van der Waals surface area (Å²) in [6.45, 7) is 31.5. The van der Waals surface area contributed by atoms with Crippen molar-refractivity contribution >= 4 is 34.6 Å². The van der Waals surface area contributed by atoms with E-state index in [4.69, 9.17) is 38.3 Å². The van der Waals surface area contributed by atoms with E-state index in [0.29, 0.717) is 25.7 Å². The summed E-state index contributed by atoms with van der Waals surface area (Å²) in [7, 11) is 6.33. The Kier molecular flexibility index (Phi) is 13.3. The van der Waals surface area contributed by atoms with Crippen LogP contribution in [0.2, 0.25) is 0 Å². The van der Waals surface area contributed by atoms with E-state index in [1.165, 1.54) is 24.3 Å². The van der Waals surface area contributed by atoms with Gasteiger partial charge in [0, 0.05) is 47.8 Å². The number of ether oxygens (including phenoxy) is 4. The summed E-state index contributed by atoms with van der Waals surface area (Å²) in [6.07, 6.45) is -0.817. The lowest BCUT2D eigenvalue weighted by molar-refractivity contribution is -0.227. The molecular formula is C50H76N4O12. The first-order chi connectivity index (χ1) is 30.1. The molecule has 4 heterocycles. The van der Waals surface area contributed by atoms with Crippen molar-refractivity contribution in [2.45, 2.75) is 205 Å². The second-order valence-electron chi connectivity index (χ2n) is 23.3. The number of hydrogen-bond donors (Lipinski definition) is 0. The van der Waals surface area contributed by atoms with Crippen LogP contribution in [-0.4, -0.2) is 141 Å². The van der Waals surface area contributed by atoms with Gasteiger partial charge in [-0.2, -0.15) is 20.3 Å². The molecule has 0 aliphatic carbocycles. The highest BCUT2D eigenvalue weighted by molar-refractivity contribution is 6.15. The number of nitrogens with zero attached hydrogens (tertiary/aromatic N) is 4. The van der Waals surface area contributed by atoms with Crippen LogP contribution in [0.1, 0.15) is 178 Å². The molecule has 0 bridgehead atoms. The van der Waals surface area contributed by atoms with E-state index in [1.54, 1.807) is 28.4 Å². The van der Waals surface area contributed by atoms with Crippen LogP contribution in [0, 0.1) is 0 Å². The van der Waals surface area contributed by atoms with Crippen molar-refractivity contribution in [2.24, 2.45) is 0 Å². The van der Waals surface area contributed by atoms with E-state index in [9.17, 15) is 19.2 Å². The third-order valence-corrected chi connectivity index (χ3v) is 14.9. The van der Waals surface area contributed by atoms with Gasteiger partial charge in [0.05, 0.1) is 72.8 Å². The van der Waals surface area contributed by atoms with Gasteiger partial charge in [-0.05, 0) is 146 Å². The maximum Gasteiger partial charge on any atom is 0.339 e. The normalized spacial score (nSPS) is 28.4. The molecular weight excluding hydrogens is 849 g/mol. The van der Waals surface area contributed by atoms with Gasteiger partial charge in [0.1, 0.15) is 24.4 Å². The molecule has 2 aromatic rings. The van der Waals surface area contributed by atoms with Crippen LogP contribution in [-0.2, 0) is 38.3 Å². The Balaban J connectivity index is 1.53. The maximum absolute atomic E-state index is 14.9. The Morgan fingerprint density at radius 1 is 0.379 bits per heavy atom. The Bertz CT molecular complexity index is 2090. The van der Waals surface area contributed by atoms with Gasteiger partial charge in [-0.25, -0.2) is 19.2 Å². The van der Waals surface area contributed by atoms with Crippen LogP contribution in [0.4, 0.5) is 0 Å². The largest absolute Gasteiger partial charge is 0.457 e. The lowest BCUT2D eigenvalue weighted by atomic mass is 9.93. The molecule has 368 valence electrons. The first kappa shape index (κ1) is 51.6. The van der Waals surface area contributed by atoms with Gasteiger partial charge in [-0.3, -0.25) is 0 Å². The Morgan fingerprint density at radius 3 is 0.788 bits per heavy atom. The van der Waals surface area contributed by atoms with E-state index < -0.39 is 92.6 Å². The molecule has 0 aromatic heterocycles. The number of benzene rings is 2. The fraction of sp³-hybridized carbons (Fsp3) is 0.720. The van der Waals surface area contributed by atoms with Crippen LogP contribution < -0.4 is 0 Å². The van der Waals surface area contributed by atoms with Crippen molar-refractivity contribution in [1.82, 2.24) is 20.3 Å². The molecule has 6 rings (SSSR count). The molecule has 4 fully saturated rings. The first-order valence-electron chi connectivity index (χ1n) is 23.0. The summed E-state index contributed by atoms with van der Waals surface area (Å²) in [5.74, 6) is -3.00. The molecule has 16 nitrogen and oxygen atoms in total. The van der Waals surface area contributed by atoms with E-state index in [-0.39, 0.29) is 33.0 Å². The third kappa shape index (κ3) is 8.67. The zero-order valence-corrected chi connectivity index (χ0v) is 43.1. The molecule has 4 aliphatic rings. The fourth-order valence-corrected chi connectivity index (χ4v) is 12.3. The number of carbonyl (C=O) groups excluding carboxylic acids is 4. The highest BCUT2D eigenvalue weighted by atomic mass is 16.7. The van der Waals surface area contributed by atoms with E-state index in [0.717, 1.165) is 0 Å². The average Bonchev–Trinajstić information content (AvgIpc) is 3.64. The number of fused-ring (bicyclic) bond motifs is 1. The predicted molar refractivity (Wildman–Crippen MR) is 247 cm³/mol. The lowest BCUT2D eigenvalue weighted by Crippen LogP contribution is -2.50. The SMILES string of the molecule is CON1C(C)(C)CC(OC(=O)c2cc(C(=O)OC3CC(C)(C)N(OC)C3(C)C)c3cc(C(=O)OC4CC(C)(C)N(OC)C4(C)C)cc(C(=O)OC4CC(C)(C)N(OC)C4(C)C)c3c2)C1(C)C. The number of hydrogen-bond acceptors (Lipinski definition) is 16. The zero-order valence-electron chi connectivity index (χ0n) is 43.1. The van der Waals surface area contributed by atoms with Crippen molar-refractivity contribution in [3.63, 3.8) is 0 Å². The number of esters is 4. The molecule has 0 saturated carbocycles. The van der Waals surface area contributed by atoms with Gasteiger partial charge < -0.3 is 38.3 Å². The maximum atomic E-state index is 14.9. The van der Waals surface area contributed by atoms with Crippen LogP contribution in [0.15, 0.2) is 24.3 Å². The fourth-order valence-electron chi connectivity index (χ4n) is 12.3. The second kappa shape index (κ2) is 17.0. The summed E-state index contributed by atoms with van der Waals surface area (Å²) in [6, 6.07) is 5.86. The summed E-state index contributed by atoms with van der Waals surface area (Å²) >= 11 is 0. The summed E-state index contributed by atoms with van der Waals surface area (Å²) in [4.78, 5) is 82.2. The standard InChI is InChI=1S/C50H76N4O12/c1-43(2)25-35(47(9,10)51(43)59-17)63-39(55)29-21-31-32(33(23-29)41(57)65-37-27-45(5,6)53(61-19)49(37,13)14)22-30(40(56)64-36-26-44(3,4)52(60-18)48(36,11)12)24-34(31)42(58)66-38-28-46(7,8)54(62-20)50(38,15)16/h21-24,35-38H,25-28H2,1-20H3. The van der Waals surface area contributed by atoms with Gasteiger partial charge in [-0.1, -0.05) is 0 Å². The van der Waals surface area contributed by atoms with Crippen molar-refractivity contribution in [2.75, 3.05) is 28.4 Å². The van der Waals surface area contributed by atoms with Crippen LogP contribution in [0.5, 0.6) is 0 Å². The van der Waals surface area contributed by atoms with Crippen LogP contribution in [0.3, 0.4) is 0 Å². The van der Waals surface area contributed by atoms with E-state index in [1.807, 2.05) is 131 Å². The highest BCUT2D eigenvalue weighted by Gasteiger charge is 2.58. The van der Waals surface area contributed by atoms with Gasteiger partial charge in [0.2, 0.25) is 0 Å². The van der Waals surface area contributed by atoms with Gasteiger partial charge in [0.25, 0.3) is 0 Å². The highest BCUT2D eigenvalue weighted by Crippen LogP contribution is 2.47. The average molecular weight is 925 g/mol. The third-order valence-electron chi connectivity index (χ3n) is 14.9. The Labute approximate surface area is 391 Å². The minimum atomic E-state index is -0.775. The molecule has 4 unspecified atom stereocenters. The van der Waals surface area contributed by atoms with Crippen molar-refractivity contribution in [1.29, 1.82) is 0 Å². The smallest absolute Gasteiger partial charge is 0.339 e. The minimum absolute atomic E-state index is 0.00434. The minimum Gasteiger partial charge on any atom is -0.457 e. The quantitative estimate of drug-likeness (QED) is 0.148. The zero-order chi connectivity index (χ0) is 49.7. The van der Waals surface area contributed by atoms with Gasteiger partial charge in [0.15, 0.2) is 0 Å². The molecule has 16 heteroatoms. The monoisotopic (exact) mass is 925 g/mol. The first-order valence-corrected chi connectivity index (χ1v) is 23.0. The number of rotatable bonds is 12. The summed E-state index contributed by atoms with van der Waals surface area (Å²) < 4.78 is 25.4. The molecule has 0 N–H and O–H groups in total. The van der Waals surface area contributed by atoms with Gasteiger partial charge >= 0.3 is 23.9 Å². The second-order valence-corrected chi connectivity index (χ2v) is 23.3. The molecule has 4 atom stereocenters.